The first-order chi connectivity index (χ1) is 13.5. The van der Waals surface area contributed by atoms with Gasteiger partial charge in [0.2, 0.25) is 0 Å². The number of para-hydroxylation sites is 1. The van der Waals surface area contributed by atoms with Crippen LogP contribution in [-0.4, -0.2) is 38.2 Å². The minimum Gasteiger partial charge on any atom is -0.476 e. The molecule has 142 valence electrons. The van der Waals surface area contributed by atoms with Crippen LogP contribution in [0.25, 0.3) is 5.69 Å². The standard InChI is InChI=1S/C20H15F2N3O3/c21-12-6-7-14(16(22)10-12)19(26)24-9-8-17-15(11-24)18(20(27)28)23-25(17)13-4-2-1-3-5-13/h1-7,10H,8-9,11H2,(H,27,28). The lowest BCUT2D eigenvalue weighted by atomic mass is 10.0. The van der Waals surface area contributed by atoms with E-state index in [-0.39, 0.29) is 24.3 Å². The number of carboxylic acid groups (broad SMARTS) is 1. The number of rotatable bonds is 3. The Morgan fingerprint density at radius 1 is 1.07 bits per heavy atom. The Hall–Kier alpha value is -3.55. The van der Waals surface area contributed by atoms with Crippen LogP contribution in [0.5, 0.6) is 0 Å². The van der Waals surface area contributed by atoms with Crippen molar-refractivity contribution in [3.63, 3.8) is 0 Å². The summed E-state index contributed by atoms with van der Waals surface area (Å²) < 4.78 is 28.7. The molecule has 0 bridgehead atoms. The van der Waals surface area contributed by atoms with Gasteiger partial charge in [-0.25, -0.2) is 18.3 Å². The predicted octanol–water partition coefficient (Wildman–Crippen LogP) is 3.05. The van der Waals surface area contributed by atoms with Crippen LogP contribution in [0.2, 0.25) is 0 Å². The average molecular weight is 383 g/mol. The van der Waals surface area contributed by atoms with Crippen molar-refractivity contribution in [2.45, 2.75) is 13.0 Å². The van der Waals surface area contributed by atoms with E-state index >= 15 is 0 Å². The second kappa shape index (κ2) is 6.88. The van der Waals surface area contributed by atoms with Crippen molar-refractivity contribution < 1.29 is 23.5 Å². The molecule has 0 atom stereocenters. The first-order valence-electron chi connectivity index (χ1n) is 8.59. The summed E-state index contributed by atoms with van der Waals surface area (Å²) in [6, 6.07) is 11.9. The highest BCUT2D eigenvalue weighted by molar-refractivity contribution is 5.95. The summed E-state index contributed by atoms with van der Waals surface area (Å²) >= 11 is 0. The Morgan fingerprint density at radius 3 is 2.50 bits per heavy atom. The number of carbonyl (C=O) groups excluding carboxylic acids is 1. The number of carboxylic acids is 1. The van der Waals surface area contributed by atoms with Gasteiger partial charge in [-0.15, -0.1) is 0 Å². The van der Waals surface area contributed by atoms with Gasteiger partial charge >= 0.3 is 5.97 Å². The molecule has 0 saturated heterocycles. The summed E-state index contributed by atoms with van der Waals surface area (Å²) in [4.78, 5) is 25.7. The molecule has 1 amide bonds. The van der Waals surface area contributed by atoms with E-state index in [1.807, 2.05) is 30.3 Å². The molecule has 1 aliphatic rings. The Morgan fingerprint density at radius 2 is 1.82 bits per heavy atom. The summed E-state index contributed by atoms with van der Waals surface area (Å²) in [6.45, 7) is 0.250. The van der Waals surface area contributed by atoms with Crippen LogP contribution in [0, 0.1) is 11.6 Å². The topological polar surface area (TPSA) is 75.4 Å². The zero-order valence-corrected chi connectivity index (χ0v) is 14.6. The molecule has 8 heteroatoms. The van der Waals surface area contributed by atoms with Crippen molar-refractivity contribution in [3.8, 4) is 5.69 Å². The van der Waals surface area contributed by atoms with E-state index in [1.54, 1.807) is 4.68 Å². The van der Waals surface area contributed by atoms with Gasteiger partial charge in [-0.05, 0) is 24.3 Å². The van der Waals surface area contributed by atoms with Crippen LogP contribution < -0.4 is 0 Å². The number of fused-ring (bicyclic) bond motifs is 1. The third-order valence-corrected chi connectivity index (χ3v) is 4.71. The Labute approximate surface area is 158 Å². The van der Waals surface area contributed by atoms with Crippen molar-refractivity contribution in [2.75, 3.05) is 6.54 Å². The van der Waals surface area contributed by atoms with Crippen molar-refractivity contribution >= 4 is 11.9 Å². The van der Waals surface area contributed by atoms with Gasteiger partial charge in [0.1, 0.15) is 11.6 Å². The molecule has 1 aromatic heterocycles. The molecule has 0 spiro atoms. The van der Waals surface area contributed by atoms with E-state index in [0.29, 0.717) is 23.7 Å². The molecule has 0 unspecified atom stereocenters. The number of halogens is 2. The predicted molar refractivity (Wildman–Crippen MR) is 95.3 cm³/mol. The number of hydrogen-bond acceptors (Lipinski definition) is 3. The largest absolute Gasteiger partial charge is 0.476 e. The second-order valence-corrected chi connectivity index (χ2v) is 6.43. The van der Waals surface area contributed by atoms with Gasteiger partial charge in [0.25, 0.3) is 5.91 Å². The van der Waals surface area contributed by atoms with Crippen molar-refractivity contribution in [2.24, 2.45) is 0 Å². The quantitative estimate of drug-likeness (QED) is 0.754. The van der Waals surface area contributed by atoms with Crippen LogP contribution in [0.1, 0.15) is 32.1 Å². The molecule has 0 fully saturated rings. The minimum absolute atomic E-state index is 0.0144. The fourth-order valence-electron chi connectivity index (χ4n) is 3.38. The van der Waals surface area contributed by atoms with Crippen LogP contribution in [0.3, 0.4) is 0 Å². The van der Waals surface area contributed by atoms with Gasteiger partial charge in [-0.3, -0.25) is 4.79 Å². The zero-order valence-electron chi connectivity index (χ0n) is 14.6. The number of aromatic carboxylic acids is 1. The van der Waals surface area contributed by atoms with E-state index in [0.717, 1.165) is 17.8 Å². The molecule has 1 aliphatic heterocycles. The van der Waals surface area contributed by atoms with E-state index in [2.05, 4.69) is 5.10 Å². The zero-order chi connectivity index (χ0) is 19.8. The van der Waals surface area contributed by atoms with Gasteiger partial charge in [0.15, 0.2) is 5.69 Å². The molecule has 0 radical (unpaired) electrons. The van der Waals surface area contributed by atoms with E-state index in [1.165, 1.54) is 4.90 Å². The van der Waals surface area contributed by atoms with E-state index in [9.17, 15) is 23.5 Å². The number of carbonyl (C=O) groups is 2. The highest BCUT2D eigenvalue weighted by Gasteiger charge is 2.31. The number of nitrogens with zero attached hydrogens (tertiary/aromatic N) is 3. The number of hydrogen-bond donors (Lipinski definition) is 1. The van der Waals surface area contributed by atoms with E-state index < -0.39 is 23.5 Å². The van der Waals surface area contributed by atoms with Crippen LogP contribution in [0.4, 0.5) is 8.78 Å². The Kier molecular flexibility index (Phi) is 4.38. The maximum atomic E-state index is 14.0. The van der Waals surface area contributed by atoms with Crippen molar-refractivity contribution in [1.82, 2.24) is 14.7 Å². The lowest BCUT2D eigenvalue weighted by Crippen LogP contribution is -2.37. The Bertz CT molecular complexity index is 1080. The molecule has 4 rings (SSSR count). The number of benzene rings is 2. The maximum Gasteiger partial charge on any atom is 0.356 e. The van der Waals surface area contributed by atoms with Gasteiger partial charge < -0.3 is 10.0 Å². The highest BCUT2D eigenvalue weighted by atomic mass is 19.1. The first kappa shape index (κ1) is 17.8. The fourth-order valence-corrected chi connectivity index (χ4v) is 3.38. The SMILES string of the molecule is O=C(O)c1nn(-c2ccccc2)c2c1CN(C(=O)c1ccc(F)cc1F)CC2. The third-order valence-electron chi connectivity index (χ3n) is 4.71. The molecular formula is C20H15F2N3O3. The van der Waals surface area contributed by atoms with E-state index in [4.69, 9.17) is 0 Å². The lowest BCUT2D eigenvalue weighted by Gasteiger charge is -2.28. The molecule has 0 saturated carbocycles. The van der Waals surface area contributed by atoms with Crippen molar-refractivity contribution in [1.29, 1.82) is 0 Å². The Balaban J connectivity index is 1.71. The summed E-state index contributed by atoms with van der Waals surface area (Å²) in [5, 5.41) is 13.7. The first-order valence-corrected chi connectivity index (χ1v) is 8.59. The molecule has 3 aromatic rings. The van der Waals surface area contributed by atoms with Gasteiger partial charge in [0, 0.05) is 24.6 Å². The summed E-state index contributed by atoms with van der Waals surface area (Å²) in [5.74, 6) is -3.54. The fraction of sp³-hybridized carbons (Fsp3) is 0.150. The monoisotopic (exact) mass is 383 g/mol. The van der Waals surface area contributed by atoms with Crippen LogP contribution >= 0.6 is 0 Å². The van der Waals surface area contributed by atoms with Crippen LogP contribution in [0.15, 0.2) is 48.5 Å². The normalized spacial score (nSPS) is 13.3. The number of amides is 1. The summed E-state index contributed by atoms with van der Waals surface area (Å²) in [6.07, 6.45) is 0.360. The smallest absolute Gasteiger partial charge is 0.356 e. The van der Waals surface area contributed by atoms with Gasteiger partial charge in [0.05, 0.1) is 23.5 Å². The molecule has 0 aliphatic carbocycles. The number of aromatic nitrogens is 2. The van der Waals surface area contributed by atoms with Gasteiger partial charge in [-0.1, -0.05) is 18.2 Å². The van der Waals surface area contributed by atoms with Crippen molar-refractivity contribution in [3.05, 3.63) is 82.7 Å². The average Bonchev–Trinajstić information content (AvgIpc) is 3.07. The lowest BCUT2D eigenvalue weighted by molar-refractivity contribution is 0.0673. The molecule has 2 heterocycles. The third kappa shape index (κ3) is 3.02. The molecule has 6 nitrogen and oxygen atoms in total. The van der Waals surface area contributed by atoms with Crippen LogP contribution in [-0.2, 0) is 13.0 Å². The maximum absolute atomic E-state index is 14.0. The molecule has 2 aromatic carbocycles. The summed E-state index contributed by atoms with van der Waals surface area (Å²) in [7, 11) is 0. The molecule has 28 heavy (non-hydrogen) atoms. The molecule has 1 N–H and O–H groups in total. The highest BCUT2D eigenvalue weighted by Crippen LogP contribution is 2.27. The minimum atomic E-state index is -1.20. The molecular weight excluding hydrogens is 368 g/mol. The second-order valence-electron chi connectivity index (χ2n) is 6.43. The summed E-state index contributed by atoms with van der Waals surface area (Å²) in [5.41, 5.74) is 1.44. The van der Waals surface area contributed by atoms with Gasteiger partial charge in [-0.2, -0.15) is 5.10 Å².